The Hall–Kier alpha value is -1.20. The van der Waals surface area contributed by atoms with Gasteiger partial charge in [0.1, 0.15) is 5.02 Å². The zero-order valence-electron chi connectivity index (χ0n) is 10.6. The van der Waals surface area contributed by atoms with E-state index >= 15 is 0 Å². The molecule has 4 N–H and O–H groups in total. The summed E-state index contributed by atoms with van der Waals surface area (Å²) < 4.78 is 14.2. The van der Waals surface area contributed by atoms with Crippen molar-refractivity contribution in [3.63, 3.8) is 0 Å². The van der Waals surface area contributed by atoms with Crippen molar-refractivity contribution in [2.24, 2.45) is 0 Å². The number of likely N-dealkylation sites (N-methyl/N-ethyl adjacent to an activating group) is 1. The van der Waals surface area contributed by atoms with Crippen molar-refractivity contribution < 1.29 is 4.39 Å². The summed E-state index contributed by atoms with van der Waals surface area (Å²) in [5, 5.41) is -0.0506. The van der Waals surface area contributed by atoms with Crippen LogP contribution in [-0.2, 0) is 0 Å². The van der Waals surface area contributed by atoms with Gasteiger partial charge in [-0.05, 0) is 20.0 Å². The van der Waals surface area contributed by atoms with E-state index in [1.807, 2.05) is 18.9 Å². The largest absolute Gasteiger partial charge is 0.397 e. The fourth-order valence-electron chi connectivity index (χ4n) is 2.42. The van der Waals surface area contributed by atoms with Gasteiger partial charge in [-0.15, -0.1) is 0 Å². The van der Waals surface area contributed by atoms with Crippen molar-refractivity contribution in [1.29, 1.82) is 0 Å². The molecule has 1 aromatic rings. The third-order valence-electron chi connectivity index (χ3n) is 3.36. The summed E-state index contributed by atoms with van der Waals surface area (Å²) in [6, 6.07) is 1.70. The van der Waals surface area contributed by atoms with Gasteiger partial charge < -0.3 is 21.3 Å². The fourth-order valence-corrected chi connectivity index (χ4v) is 2.56. The molecular weight excluding hydrogens is 255 g/mol. The van der Waals surface area contributed by atoms with Gasteiger partial charge in [-0.1, -0.05) is 11.6 Å². The predicted molar refractivity (Wildman–Crippen MR) is 74.5 cm³/mol. The molecule has 1 aromatic carbocycles. The van der Waals surface area contributed by atoms with E-state index in [1.165, 1.54) is 6.07 Å². The summed E-state index contributed by atoms with van der Waals surface area (Å²) in [4.78, 5) is 4.16. The van der Waals surface area contributed by atoms with Gasteiger partial charge in [0.25, 0.3) is 0 Å². The average molecular weight is 273 g/mol. The van der Waals surface area contributed by atoms with Crippen LogP contribution in [0.1, 0.15) is 6.92 Å². The number of halogens is 2. The van der Waals surface area contributed by atoms with Gasteiger partial charge in [-0.3, -0.25) is 0 Å². The number of anilines is 3. The highest BCUT2D eigenvalue weighted by molar-refractivity contribution is 6.33. The number of nitrogen functional groups attached to an aromatic ring is 2. The number of hydrogen-bond donors (Lipinski definition) is 2. The first-order valence-electron chi connectivity index (χ1n) is 5.90. The van der Waals surface area contributed by atoms with E-state index in [4.69, 9.17) is 23.1 Å². The predicted octanol–water partition coefficient (Wildman–Crippen LogP) is 1.78. The number of rotatable bonds is 1. The normalized spacial score (nSPS) is 21.3. The Kier molecular flexibility index (Phi) is 3.54. The molecular formula is C12H18ClFN4. The Morgan fingerprint density at radius 1 is 1.33 bits per heavy atom. The monoisotopic (exact) mass is 272 g/mol. The second-order valence-corrected chi connectivity index (χ2v) is 5.21. The molecule has 0 spiro atoms. The molecule has 1 saturated heterocycles. The third-order valence-corrected chi connectivity index (χ3v) is 3.74. The van der Waals surface area contributed by atoms with Crippen LogP contribution in [0.2, 0.25) is 5.02 Å². The maximum atomic E-state index is 14.2. The van der Waals surface area contributed by atoms with Crippen LogP contribution >= 0.6 is 11.6 Å². The van der Waals surface area contributed by atoms with Crippen LogP contribution in [0, 0.1) is 5.82 Å². The van der Waals surface area contributed by atoms with Gasteiger partial charge in [0.05, 0.1) is 17.1 Å². The quantitative estimate of drug-likeness (QED) is 0.765. The first kappa shape index (κ1) is 13.2. The maximum absolute atomic E-state index is 14.2. The van der Waals surface area contributed by atoms with Crippen LogP contribution in [0.25, 0.3) is 0 Å². The van der Waals surface area contributed by atoms with E-state index in [0.717, 1.165) is 19.6 Å². The summed E-state index contributed by atoms with van der Waals surface area (Å²) in [6.45, 7) is 4.49. The summed E-state index contributed by atoms with van der Waals surface area (Å²) in [6.07, 6.45) is 0. The minimum atomic E-state index is -0.523. The van der Waals surface area contributed by atoms with E-state index in [-0.39, 0.29) is 16.8 Å². The molecule has 1 unspecified atom stereocenters. The molecule has 4 nitrogen and oxygen atoms in total. The smallest absolute Gasteiger partial charge is 0.169 e. The topological polar surface area (TPSA) is 58.5 Å². The number of benzene rings is 1. The lowest BCUT2D eigenvalue weighted by atomic mass is 10.1. The molecule has 0 bridgehead atoms. The van der Waals surface area contributed by atoms with Crippen LogP contribution in [0.15, 0.2) is 6.07 Å². The molecule has 100 valence electrons. The van der Waals surface area contributed by atoms with Crippen molar-refractivity contribution in [2.45, 2.75) is 13.0 Å². The van der Waals surface area contributed by atoms with E-state index in [1.54, 1.807) is 0 Å². The van der Waals surface area contributed by atoms with Gasteiger partial charge in [0, 0.05) is 25.7 Å². The Balaban J connectivity index is 2.42. The van der Waals surface area contributed by atoms with Gasteiger partial charge in [-0.25, -0.2) is 4.39 Å². The zero-order chi connectivity index (χ0) is 13.4. The van der Waals surface area contributed by atoms with Gasteiger partial charge >= 0.3 is 0 Å². The highest BCUT2D eigenvalue weighted by Crippen LogP contribution is 2.37. The number of piperazine rings is 1. The molecule has 0 aromatic heterocycles. The summed E-state index contributed by atoms with van der Waals surface area (Å²) in [5.41, 5.74) is 12.4. The lowest BCUT2D eigenvalue weighted by Gasteiger charge is -2.40. The molecule has 1 aliphatic heterocycles. The standard InChI is InChI=1S/C12H18ClFN4/c1-7-6-17(2)3-4-18(7)12-9(16)5-8(15)10(13)11(12)14/h5,7H,3-4,6,15-16H2,1-2H3. The molecule has 0 radical (unpaired) electrons. The molecule has 1 fully saturated rings. The first-order valence-corrected chi connectivity index (χ1v) is 6.27. The van der Waals surface area contributed by atoms with Crippen molar-refractivity contribution in [3.8, 4) is 0 Å². The Morgan fingerprint density at radius 2 is 2.00 bits per heavy atom. The van der Waals surface area contributed by atoms with E-state index in [9.17, 15) is 4.39 Å². The Labute approximate surface area is 111 Å². The third kappa shape index (κ3) is 2.20. The van der Waals surface area contributed by atoms with E-state index in [0.29, 0.717) is 11.4 Å². The van der Waals surface area contributed by atoms with Crippen LogP contribution in [0.3, 0.4) is 0 Å². The van der Waals surface area contributed by atoms with Crippen LogP contribution in [0.5, 0.6) is 0 Å². The fraction of sp³-hybridized carbons (Fsp3) is 0.500. The van der Waals surface area contributed by atoms with Gasteiger partial charge in [0.2, 0.25) is 0 Å². The van der Waals surface area contributed by atoms with E-state index in [2.05, 4.69) is 4.90 Å². The van der Waals surface area contributed by atoms with Gasteiger partial charge in [-0.2, -0.15) is 0 Å². The molecule has 2 rings (SSSR count). The van der Waals surface area contributed by atoms with Crippen molar-refractivity contribution in [1.82, 2.24) is 4.90 Å². The number of nitrogens with two attached hydrogens (primary N) is 2. The van der Waals surface area contributed by atoms with Gasteiger partial charge in [0.15, 0.2) is 5.82 Å². The molecule has 1 aliphatic rings. The second kappa shape index (κ2) is 4.82. The first-order chi connectivity index (χ1) is 8.41. The van der Waals surface area contributed by atoms with Crippen LogP contribution in [-0.4, -0.2) is 37.6 Å². The highest BCUT2D eigenvalue weighted by atomic mass is 35.5. The molecule has 6 heteroatoms. The Morgan fingerprint density at radius 3 is 2.61 bits per heavy atom. The molecule has 0 aliphatic carbocycles. The SMILES string of the molecule is CC1CN(C)CCN1c1c(N)cc(N)c(Cl)c1F. The number of nitrogens with zero attached hydrogens (tertiary/aromatic N) is 2. The lowest BCUT2D eigenvalue weighted by Crippen LogP contribution is -2.51. The van der Waals surface area contributed by atoms with Crippen molar-refractivity contribution >= 4 is 28.7 Å². The number of hydrogen-bond acceptors (Lipinski definition) is 4. The molecule has 1 heterocycles. The lowest BCUT2D eigenvalue weighted by molar-refractivity contribution is 0.274. The van der Waals surface area contributed by atoms with Crippen molar-refractivity contribution in [3.05, 3.63) is 16.9 Å². The minimum Gasteiger partial charge on any atom is -0.397 e. The van der Waals surface area contributed by atoms with Crippen LogP contribution in [0.4, 0.5) is 21.5 Å². The minimum absolute atomic E-state index is 0.0506. The molecule has 1 atom stereocenters. The van der Waals surface area contributed by atoms with Crippen LogP contribution < -0.4 is 16.4 Å². The second-order valence-electron chi connectivity index (χ2n) is 4.84. The zero-order valence-corrected chi connectivity index (χ0v) is 11.3. The average Bonchev–Trinajstić information content (AvgIpc) is 2.29. The highest BCUT2D eigenvalue weighted by Gasteiger charge is 2.27. The van der Waals surface area contributed by atoms with E-state index < -0.39 is 5.82 Å². The summed E-state index contributed by atoms with van der Waals surface area (Å²) in [7, 11) is 2.05. The maximum Gasteiger partial charge on any atom is 0.169 e. The summed E-state index contributed by atoms with van der Waals surface area (Å²) in [5.74, 6) is -0.523. The Bertz CT molecular complexity index is 466. The van der Waals surface area contributed by atoms with Crippen molar-refractivity contribution in [2.75, 3.05) is 43.0 Å². The molecule has 18 heavy (non-hydrogen) atoms. The molecule has 0 amide bonds. The summed E-state index contributed by atoms with van der Waals surface area (Å²) >= 11 is 5.86. The molecule has 0 saturated carbocycles.